The first-order chi connectivity index (χ1) is 8.47. The molecule has 0 spiro atoms. The van der Waals surface area contributed by atoms with Crippen LogP contribution in [0.2, 0.25) is 0 Å². The van der Waals surface area contributed by atoms with Crippen LogP contribution in [0.4, 0.5) is 11.4 Å². The second-order valence-corrected chi connectivity index (χ2v) is 5.22. The Morgan fingerprint density at radius 3 is 2.72 bits per heavy atom. The number of anilines is 2. The van der Waals surface area contributed by atoms with Gasteiger partial charge < -0.3 is 16.0 Å². The fourth-order valence-electron chi connectivity index (χ4n) is 1.50. The van der Waals surface area contributed by atoms with E-state index in [2.05, 4.69) is 15.3 Å². The van der Waals surface area contributed by atoms with Gasteiger partial charge in [-0.15, -0.1) is 0 Å². The number of benzene rings is 1. The van der Waals surface area contributed by atoms with E-state index in [9.17, 15) is 8.42 Å². The highest BCUT2D eigenvalue weighted by Gasteiger charge is 2.12. The lowest BCUT2D eigenvalue weighted by atomic mass is 10.3. The predicted octanol–water partition coefficient (Wildman–Crippen LogP) is 0.251. The summed E-state index contributed by atoms with van der Waals surface area (Å²) in [5.41, 5.74) is 6.44. The van der Waals surface area contributed by atoms with Crippen molar-refractivity contribution in [3.63, 3.8) is 0 Å². The van der Waals surface area contributed by atoms with Crippen LogP contribution in [0.1, 0.15) is 5.82 Å². The summed E-state index contributed by atoms with van der Waals surface area (Å²) >= 11 is 0. The molecular formula is C10H13N5O2S. The maximum Gasteiger partial charge on any atom is 0.240 e. The summed E-state index contributed by atoms with van der Waals surface area (Å²) in [5.74, 6) is 0.768. The number of imidazole rings is 1. The zero-order valence-corrected chi connectivity index (χ0v) is 10.2. The third kappa shape index (κ3) is 2.79. The van der Waals surface area contributed by atoms with E-state index < -0.39 is 10.0 Å². The maximum absolute atomic E-state index is 11.2. The van der Waals surface area contributed by atoms with E-state index in [1.54, 1.807) is 18.5 Å². The van der Waals surface area contributed by atoms with Crippen molar-refractivity contribution in [3.05, 3.63) is 36.4 Å². The lowest BCUT2D eigenvalue weighted by Crippen LogP contribution is -2.14. The fourth-order valence-corrected chi connectivity index (χ4v) is 2.14. The van der Waals surface area contributed by atoms with E-state index in [1.807, 2.05) is 0 Å². The number of nitrogens with zero attached hydrogens (tertiary/aromatic N) is 1. The molecule has 0 aliphatic heterocycles. The summed E-state index contributed by atoms with van der Waals surface area (Å²) in [7, 11) is -3.78. The Morgan fingerprint density at radius 1 is 1.39 bits per heavy atom. The molecule has 0 atom stereocenters. The Balaban J connectivity index is 2.14. The van der Waals surface area contributed by atoms with E-state index in [1.165, 1.54) is 12.1 Å². The lowest BCUT2D eigenvalue weighted by Gasteiger charge is -2.08. The van der Waals surface area contributed by atoms with E-state index >= 15 is 0 Å². The Labute approximate surface area is 104 Å². The van der Waals surface area contributed by atoms with Crippen molar-refractivity contribution in [3.8, 4) is 0 Å². The average molecular weight is 267 g/mol. The van der Waals surface area contributed by atoms with E-state index in [0.717, 1.165) is 5.82 Å². The molecule has 1 aromatic heterocycles. The summed E-state index contributed by atoms with van der Waals surface area (Å²) in [6.45, 7) is 0.487. The minimum atomic E-state index is -3.78. The fraction of sp³-hybridized carbons (Fsp3) is 0.100. The second kappa shape index (κ2) is 4.67. The SMILES string of the molecule is Nc1cc(NCc2ncc[nH]2)ccc1S(N)(=O)=O. The zero-order chi connectivity index (χ0) is 13.2. The second-order valence-electron chi connectivity index (χ2n) is 3.69. The van der Waals surface area contributed by atoms with Crippen LogP contribution >= 0.6 is 0 Å². The Morgan fingerprint density at radius 2 is 2.17 bits per heavy atom. The molecule has 0 fully saturated rings. The van der Waals surface area contributed by atoms with Gasteiger partial charge in [0, 0.05) is 18.1 Å². The van der Waals surface area contributed by atoms with Crippen LogP contribution in [0, 0.1) is 0 Å². The van der Waals surface area contributed by atoms with Gasteiger partial charge in [-0.3, -0.25) is 0 Å². The van der Waals surface area contributed by atoms with Crippen molar-refractivity contribution in [2.24, 2.45) is 5.14 Å². The standard InChI is InChI=1S/C10H13N5O2S/c11-8-5-7(1-2-9(8)18(12,16)17)15-6-10-13-3-4-14-10/h1-5,15H,6,11H2,(H,13,14)(H2,12,16,17). The third-order valence-corrected chi connectivity index (χ3v) is 3.32. The number of rotatable bonds is 4. The largest absolute Gasteiger partial charge is 0.398 e. The Kier molecular flexibility index (Phi) is 3.21. The molecule has 96 valence electrons. The van der Waals surface area contributed by atoms with Gasteiger partial charge in [-0.2, -0.15) is 0 Å². The molecule has 0 aliphatic rings. The number of hydrogen-bond acceptors (Lipinski definition) is 5. The van der Waals surface area contributed by atoms with Crippen molar-refractivity contribution in [2.45, 2.75) is 11.4 Å². The van der Waals surface area contributed by atoms with Crippen molar-refractivity contribution >= 4 is 21.4 Å². The van der Waals surface area contributed by atoms with E-state index in [-0.39, 0.29) is 10.6 Å². The lowest BCUT2D eigenvalue weighted by molar-refractivity contribution is 0.598. The Bertz CT molecular complexity index is 636. The van der Waals surface area contributed by atoms with Crippen LogP contribution in [0.5, 0.6) is 0 Å². The molecule has 0 aliphatic carbocycles. The van der Waals surface area contributed by atoms with Crippen molar-refractivity contribution in [1.29, 1.82) is 0 Å². The number of nitrogens with one attached hydrogen (secondary N) is 2. The molecule has 2 rings (SSSR count). The summed E-state index contributed by atoms with van der Waals surface area (Å²) in [6.07, 6.45) is 3.37. The van der Waals surface area contributed by atoms with Gasteiger partial charge >= 0.3 is 0 Å². The Hall–Kier alpha value is -2.06. The van der Waals surface area contributed by atoms with Crippen molar-refractivity contribution < 1.29 is 8.42 Å². The highest BCUT2D eigenvalue weighted by molar-refractivity contribution is 7.89. The van der Waals surface area contributed by atoms with E-state index in [0.29, 0.717) is 12.2 Å². The van der Waals surface area contributed by atoms with Gasteiger partial charge in [0.05, 0.1) is 12.2 Å². The molecule has 8 heteroatoms. The van der Waals surface area contributed by atoms with Gasteiger partial charge in [-0.25, -0.2) is 18.5 Å². The van der Waals surface area contributed by atoms with Gasteiger partial charge in [0.15, 0.2) is 0 Å². The van der Waals surface area contributed by atoms with Gasteiger partial charge in [-0.05, 0) is 18.2 Å². The number of nitrogen functional groups attached to an aromatic ring is 1. The minimum Gasteiger partial charge on any atom is -0.398 e. The number of aromatic nitrogens is 2. The molecule has 7 nitrogen and oxygen atoms in total. The first-order valence-corrected chi connectivity index (χ1v) is 6.66. The molecule has 2 aromatic rings. The molecule has 0 amide bonds. The minimum absolute atomic E-state index is 0.0777. The summed E-state index contributed by atoms with van der Waals surface area (Å²) in [6, 6.07) is 4.48. The summed E-state index contributed by atoms with van der Waals surface area (Å²) in [5, 5.41) is 8.07. The first-order valence-electron chi connectivity index (χ1n) is 5.11. The van der Waals surface area contributed by atoms with Gasteiger partial charge in [0.2, 0.25) is 10.0 Å². The molecule has 18 heavy (non-hydrogen) atoms. The molecule has 0 bridgehead atoms. The number of nitrogens with two attached hydrogens (primary N) is 2. The third-order valence-electron chi connectivity index (χ3n) is 2.33. The zero-order valence-electron chi connectivity index (χ0n) is 9.42. The number of hydrogen-bond donors (Lipinski definition) is 4. The number of sulfonamides is 1. The predicted molar refractivity (Wildman–Crippen MR) is 68.1 cm³/mol. The number of aromatic amines is 1. The quantitative estimate of drug-likeness (QED) is 0.590. The molecule has 1 aromatic carbocycles. The van der Waals surface area contributed by atoms with Crippen LogP contribution in [0.25, 0.3) is 0 Å². The van der Waals surface area contributed by atoms with E-state index in [4.69, 9.17) is 10.9 Å². The van der Waals surface area contributed by atoms with Gasteiger partial charge in [-0.1, -0.05) is 0 Å². The van der Waals surface area contributed by atoms with Crippen LogP contribution in [-0.2, 0) is 16.6 Å². The van der Waals surface area contributed by atoms with Crippen LogP contribution in [0.3, 0.4) is 0 Å². The number of primary sulfonamides is 1. The molecular weight excluding hydrogens is 254 g/mol. The normalized spacial score (nSPS) is 11.4. The number of H-pyrrole nitrogens is 1. The first kappa shape index (κ1) is 12.4. The van der Waals surface area contributed by atoms with Crippen molar-refractivity contribution in [1.82, 2.24) is 9.97 Å². The molecule has 0 unspecified atom stereocenters. The van der Waals surface area contributed by atoms with Crippen LogP contribution < -0.4 is 16.2 Å². The van der Waals surface area contributed by atoms with Gasteiger partial charge in [0.25, 0.3) is 0 Å². The molecule has 1 heterocycles. The smallest absolute Gasteiger partial charge is 0.240 e. The molecule has 0 saturated carbocycles. The van der Waals surface area contributed by atoms with Crippen LogP contribution in [-0.4, -0.2) is 18.4 Å². The van der Waals surface area contributed by atoms with Crippen LogP contribution in [0.15, 0.2) is 35.5 Å². The summed E-state index contributed by atoms with van der Waals surface area (Å²) < 4.78 is 22.3. The molecule has 0 radical (unpaired) electrons. The average Bonchev–Trinajstić information content (AvgIpc) is 2.77. The topological polar surface area (TPSA) is 127 Å². The highest BCUT2D eigenvalue weighted by Crippen LogP contribution is 2.21. The highest BCUT2D eigenvalue weighted by atomic mass is 32.2. The molecule has 0 saturated heterocycles. The maximum atomic E-state index is 11.2. The molecule has 6 N–H and O–H groups in total. The van der Waals surface area contributed by atoms with Crippen molar-refractivity contribution in [2.75, 3.05) is 11.1 Å². The monoisotopic (exact) mass is 267 g/mol. The summed E-state index contributed by atoms with van der Waals surface area (Å²) in [4.78, 5) is 6.90. The van der Waals surface area contributed by atoms with Gasteiger partial charge in [0.1, 0.15) is 10.7 Å².